The van der Waals surface area contributed by atoms with E-state index in [0.717, 1.165) is 17.5 Å². The normalized spacial score (nSPS) is 14.2. The smallest absolute Gasteiger partial charge is 0.325 e. The first kappa shape index (κ1) is 27.9. The highest BCUT2D eigenvalue weighted by Crippen LogP contribution is 2.32. The van der Waals surface area contributed by atoms with E-state index in [4.69, 9.17) is 21.7 Å². The van der Waals surface area contributed by atoms with E-state index >= 15 is 0 Å². The van der Waals surface area contributed by atoms with Crippen LogP contribution in [0.1, 0.15) is 23.6 Å². The lowest BCUT2D eigenvalue weighted by Gasteiger charge is -2.19. The first-order chi connectivity index (χ1) is 18.7. The largest absolute Gasteiger partial charge is 0.488 e. The molecule has 11 heteroatoms. The van der Waals surface area contributed by atoms with Crippen molar-refractivity contribution in [3.05, 3.63) is 104 Å². The number of nitrogens with zero attached hydrogens (tertiary/aromatic N) is 3. The Morgan fingerprint density at radius 1 is 1.08 bits per heavy atom. The predicted molar refractivity (Wildman–Crippen MR) is 154 cm³/mol. The van der Waals surface area contributed by atoms with Gasteiger partial charge in [-0.3, -0.25) is 24.6 Å². The van der Waals surface area contributed by atoms with Crippen LogP contribution in [-0.4, -0.2) is 40.5 Å². The molecule has 4 rings (SSSR count). The Hall–Kier alpha value is -4.09. The van der Waals surface area contributed by atoms with Crippen LogP contribution >= 0.6 is 28.1 Å². The predicted octanol–water partition coefficient (Wildman–Crippen LogP) is 5.65. The van der Waals surface area contributed by atoms with E-state index in [1.165, 1.54) is 29.0 Å². The molecule has 200 valence electrons. The molecule has 9 nitrogen and oxygen atoms in total. The molecule has 0 atom stereocenters. The third kappa shape index (κ3) is 6.32. The average Bonchev–Trinajstić information content (AvgIpc) is 3.16. The Balaban J connectivity index is 1.58. The van der Waals surface area contributed by atoms with Crippen LogP contribution in [0.15, 0.2) is 76.9 Å². The van der Waals surface area contributed by atoms with Gasteiger partial charge in [0.2, 0.25) is 0 Å². The van der Waals surface area contributed by atoms with Crippen LogP contribution in [0, 0.1) is 10.1 Å². The van der Waals surface area contributed by atoms with Crippen molar-refractivity contribution in [1.29, 1.82) is 0 Å². The van der Waals surface area contributed by atoms with Crippen LogP contribution in [-0.2, 0) is 27.4 Å². The number of hydrogen-bond donors (Lipinski definition) is 0. The number of esters is 1. The van der Waals surface area contributed by atoms with Gasteiger partial charge in [-0.1, -0.05) is 25.1 Å². The van der Waals surface area contributed by atoms with E-state index in [1.54, 1.807) is 36.4 Å². The van der Waals surface area contributed by atoms with Crippen LogP contribution in [0.3, 0.4) is 0 Å². The maximum atomic E-state index is 13.5. The number of amides is 1. The summed E-state index contributed by atoms with van der Waals surface area (Å²) in [5.74, 6) is -0.342. The van der Waals surface area contributed by atoms with E-state index in [0.29, 0.717) is 21.5 Å². The van der Waals surface area contributed by atoms with Crippen molar-refractivity contribution in [3.8, 4) is 5.75 Å². The van der Waals surface area contributed by atoms with Gasteiger partial charge in [0, 0.05) is 12.1 Å². The van der Waals surface area contributed by atoms with Crippen LogP contribution in [0.2, 0.25) is 0 Å². The maximum absolute atomic E-state index is 13.5. The highest BCUT2D eigenvalue weighted by molar-refractivity contribution is 9.10. The van der Waals surface area contributed by atoms with E-state index < -0.39 is 10.9 Å². The highest BCUT2D eigenvalue weighted by Gasteiger charge is 2.40. The van der Waals surface area contributed by atoms with Crippen molar-refractivity contribution >= 4 is 62.6 Å². The summed E-state index contributed by atoms with van der Waals surface area (Å²) in [4.78, 5) is 38.9. The molecule has 0 aliphatic carbocycles. The number of ether oxygens (including phenoxy) is 2. The first-order valence-electron chi connectivity index (χ1n) is 11.9. The van der Waals surface area contributed by atoms with Gasteiger partial charge in [-0.25, -0.2) is 0 Å². The summed E-state index contributed by atoms with van der Waals surface area (Å²) in [5, 5.41) is 11.0. The number of halogens is 1. The average molecular weight is 610 g/mol. The zero-order chi connectivity index (χ0) is 28.1. The van der Waals surface area contributed by atoms with Crippen LogP contribution in [0.4, 0.5) is 11.4 Å². The van der Waals surface area contributed by atoms with Gasteiger partial charge in [0.05, 0.1) is 22.2 Å². The lowest BCUT2D eigenvalue weighted by atomic mass is 10.1. The Labute approximate surface area is 238 Å². The number of rotatable bonds is 9. The van der Waals surface area contributed by atoms with Gasteiger partial charge in [0.15, 0.2) is 5.11 Å². The van der Waals surface area contributed by atoms with E-state index in [2.05, 4.69) is 15.9 Å². The van der Waals surface area contributed by atoms with Gasteiger partial charge >= 0.3 is 5.97 Å². The SMILES string of the molecule is CCc1ccc(N2C(=O)/C(=C/c3ccc(OCc4ccc([N+](=O)[O-])cc4)c(Br)c3)N(CC(=O)OC)C2=S)cc1. The minimum Gasteiger partial charge on any atom is -0.488 e. The molecule has 0 saturated carbocycles. The fourth-order valence-electron chi connectivity index (χ4n) is 3.89. The monoisotopic (exact) mass is 609 g/mol. The van der Waals surface area contributed by atoms with Crippen LogP contribution < -0.4 is 9.64 Å². The standard InChI is InChI=1S/C28H24BrN3O6S/c1-3-18-4-9-21(10-5-18)31-27(34)24(30(28(31)39)16-26(33)37-2)15-20-8-13-25(23(29)14-20)38-17-19-6-11-22(12-7-19)32(35)36/h4-15H,3,16-17H2,1-2H3/b24-15-. The molecule has 0 aromatic heterocycles. The minimum absolute atomic E-state index is 0.0102. The zero-order valence-corrected chi connectivity index (χ0v) is 23.5. The second-order valence-corrected chi connectivity index (χ2v) is 9.76. The number of carbonyl (C=O) groups is 2. The fraction of sp³-hybridized carbons (Fsp3) is 0.179. The van der Waals surface area contributed by atoms with Gasteiger partial charge in [-0.2, -0.15) is 0 Å². The number of thiocarbonyl (C=S) groups is 1. The Kier molecular flexibility index (Phi) is 8.72. The molecule has 1 aliphatic heterocycles. The zero-order valence-electron chi connectivity index (χ0n) is 21.1. The molecule has 0 spiro atoms. The van der Waals surface area contributed by atoms with Crippen molar-refractivity contribution in [3.63, 3.8) is 0 Å². The molecule has 0 unspecified atom stereocenters. The van der Waals surface area contributed by atoms with Crippen molar-refractivity contribution in [1.82, 2.24) is 4.90 Å². The second kappa shape index (κ2) is 12.2. The van der Waals surface area contributed by atoms with Gasteiger partial charge in [0.1, 0.15) is 24.6 Å². The molecule has 1 fully saturated rings. The molecule has 0 N–H and O–H groups in total. The molecule has 1 saturated heterocycles. The maximum Gasteiger partial charge on any atom is 0.325 e. The molecular weight excluding hydrogens is 586 g/mol. The fourth-order valence-corrected chi connectivity index (χ4v) is 4.75. The summed E-state index contributed by atoms with van der Waals surface area (Å²) in [6.45, 7) is 2.04. The Morgan fingerprint density at radius 2 is 1.74 bits per heavy atom. The third-order valence-corrected chi connectivity index (χ3v) is 7.08. The molecule has 1 aliphatic rings. The topological polar surface area (TPSA) is 102 Å². The highest BCUT2D eigenvalue weighted by atomic mass is 79.9. The minimum atomic E-state index is -0.532. The molecule has 0 radical (unpaired) electrons. The molecule has 1 amide bonds. The Bertz CT molecular complexity index is 1460. The second-order valence-electron chi connectivity index (χ2n) is 8.54. The number of methoxy groups -OCH3 is 1. The number of non-ortho nitro benzene ring substituents is 1. The van der Waals surface area contributed by atoms with E-state index in [1.807, 2.05) is 31.2 Å². The molecule has 1 heterocycles. The summed E-state index contributed by atoms with van der Waals surface area (Å²) >= 11 is 9.11. The lowest BCUT2D eigenvalue weighted by molar-refractivity contribution is -0.384. The molecule has 3 aromatic carbocycles. The summed E-state index contributed by atoms with van der Waals surface area (Å²) in [7, 11) is 1.28. The molecular formula is C28H24BrN3O6S. The van der Waals surface area contributed by atoms with E-state index in [-0.39, 0.29) is 35.6 Å². The van der Waals surface area contributed by atoms with Crippen molar-refractivity contribution < 1.29 is 24.0 Å². The summed E-state index contributed by atoms with van der Waals surface area (Å²) in [6, 6.07) is 18.9. The molecule has 3 aromatic rings. The lowest BCUT2D eigenvalue weighted by Crippen LogP contribution is -2.35. The van der Waals surface area contributed by atoms with Crippen LogP contribution in [0.25, 0.3) is 6.08 Å². The summed E-state index contributed by atoms with van der Waals surface area (Å²) in [5.41, 5.74) is 3.42. The van der Waals surface area contributed by atoms with Gasteiger partial charge in [-0.15, -0.1) is 0 Å². The number of nitro benzene ring substituents is 1. The van der Waals surface area contributed by atoms with Gasteiger partial charge in [-0.05, 0) is 93.7 Å². The van der Waals surface area contributed by atoms with Crippen molar-refractivity contribution in [2.45, 2.75) is 20.0 Å². The molecule has 39 heavy (non-hydrogen) atoms. The van der Waals surface area contributed by atoms with Gasteiger partial charge in [0.25, 0.3) is 11.6 Å². The van der Waals surface area contributed by atoms with Crippen LogP contribution in [0.5, 0.6) is 5.75 Å². The number of nitro groups is 1. The van der Waals surface area contributed by atoms with Crippen molar-refractivity contribution in [2.75, 3.05) is 18.6 Å². The van der Waals surface area contributed by atoms with Crippen molar-refractivity contribution in [2.24, 2.45) is 0 Å². The first-order valence-corrected chi connectivity index (χ1v) is 13.1. The number of hydrogen-bond acceptors (Lipinski definition) is 7. The summed E-state index contributed by atoms with van der Waals surface area (Å²) in [6.07, 6.45) is 2.52. The third-order valence-electron chi connectivity index (χ3n) is 6.05. The summed E-state index contributed by atoms with van der Waals surface area (Å²) < 4.78 is 11.3. The van der Waals surface area contributed by atoms with E-state index in [9.17, 15) is 19.7 Å². The number of anilines is 1. The quantitative estimate of drug-likeness (QED) is 0.101. The Morgan fingerprint density at radius 3 is 2.33 bits per heavy atom. The number of carbonyl (C=O) groups excluding carboxylic acids is 2. The number of aryl methyl sites for hydroxylation is 1. The number of benzene rings is 3. The van der Waals surface area contributed by atoms with Gasteiger partial charge < -0.3 is 14.4 Å². The molecule has 0 bridgehead atoms.